The number of benzene rings is 1. The number of nitrogens with one attached hydrogen (secondary N) is 1. The van der Waals surface area contributed by atoms with E-state index in [9.17, 15) is 23.4 Å². The molecule has 44 heavy (non-hydrogen) atoms. The Morgan fingerprint density at radius 3 is 2.27 bits per heavy atom. The molecule has 4 saturated carbocycles. The third-order valence-corrected chi connectivity index (χ3v) is 14.5. The van der Waals surface area contributed by atoms with E-state index in [0.29, 0.717) is 41.9 Å². The number of rotatable bonds is 7. The van der Waals surface area contributed by atoms with E-state index >= 15 is 0 Å². The van der Waals surface area contributed by atoms with Crippen LogP contribution in [-0.2, 0) is 20.2 Å². The second-order valence-electron chi connectivity index (χ2n) is 16.4. The monoisotopic (exact) mass is 631 g/mol. The molecule has 0 bridgehead atoms. The first-order valence-corrected chi connectivity index (χ1v) is 18.7. The molecule has 0 aromatic heterocycles. The summed E-state index contributed by atoms with van der Waals surface area (Å²) in [6.45, 7) is 15.7. The number of ether oxygens (including phenoxy) is 1. The Balaban J connectivity index is 1.19. The molecule has 0 spiro atoms. The van der Waals surface area contributed by atoms with E-state index in [1.165, 1.54) is 12.1 Å². The molecule has 4 fully saturated rings. The summed E-state index contributed by atoms with van der Waals surface area (Å²) in [7, 11) is -4.02. The molecule has 248 valence electrons. The van der Waals surface area contributed by atoms with Crippen molar-refractivity contribution in [2.24, 2.45) is 52.3 Å². The van der Waals surface area contributed by atoms with Crippen molar-refractivity contribution >= 4 is 16.1 Å². The molecule has 0 heterocycles. The highest BCUT2D eigenvalue weighted by molar-refractivity contribution is 7.90. The fourth-order valence-corrected chi connectivity index (χ4v) is 11.7. The lowest BCUT2D eigenvalue weighted by Crippen LogP contribution is -2.62. The van der Waals surface area contributed by atoms with Gasteiger partial charge in [-0.05, 0) is 127 Å². The lowest BCUT2D eigenvalue weighted by molar-refractivity contribution is -0.203. The molecule has 1 aromatic rings. The maximum absolute atomic E-state index is 12.8. The standard InChI is InChI=1S/C36H57NO6S/c1-8-26-30-21-24(38)15-18-36(30,7)29-16-19-35(6)27(13-14-28(35)31(29)32(26)39)22(2)17-20-43-33(40)37-44(41,42)25-11-9-23(10-12-25)34(3,4)5/h9-12,22,24,26-32,38-39H,8,13-21H2,1-7H3,(H,37,40)/t22-,24-,26-,27?,28+,29+,30?,31-,32-,35?,36?/m1/s1. The van der Waals surface area contributed by atoms with Crippen LogP contribution in [0.5, 0.6) is 0 Å². The summed E-state index contributed by atoms with van der Waals surface area (Å²) in [4.78, 5) is 12.6. The molecule has 11 atom stereocenters. The highest BCUT2D eigenvalue weighted by Crippen LogP contribution is 2.69. The van der Waals surface area contributed by atoms with E-state index in [4.69, 9.17) is 4.74 Å². The van der Waals surface area contributed by atoms with Crippen LogP contribution in [0.15, 0.2) is 29.2 Å². The average molecular weight is 632 g/mol. The van der Waals surface area contributed by atoms with E-state index in [0.717, 1.165) is 56.9 Å². The van der Waals surface area contributed by atoms with Crippen LogP contribution in [0.1, 0.15) is 112 Å². The SMILES string of the molecule is CC[C@@H]1C2C[C@H](O)CCC2(C)[C@H]2CCC3(C)C([C@H](C)CCOC(=O)NS(=O)(=O)c4ccc(C(C)(C)C)cc4)CC[C@H]3[C@H]2[C@@H]1O. The summed E-state index contributed by atoms with van der Waals surface area (Å²) in [5.41, 5.74) is 1.23. The molecule has 1 aromatic carbocycles. The second-order valence-corrected chi connectivity index (χ2v) is 18.1. The molecule has 4 aliphatic carbocycles. The Labute approximate surface area is 266 Å². The average Bonchev–Trinajstić information content (AvgIpc) is 3.30. The van der Waals surface area contributed by atoms with Gasteiger partial charge >= 0.3 is 6.09 Å². The zero-order chi connectivity index (χ0) is 32.2. The minimum absolute atomic E-state index is 0.0381. The minimum Gasteiger partial charge on any atom is -0.449 e. The number of fused-ring (bicyclic) bond motifs is 5. The topological polar surface area (TPSA) is 113 Å². The summed E-state index contributed by atoms with van der Waals surface area (Å²) in [5.74, 6) is 2.70. The largest absolute Gasteiger partial charge is 0.449 e. The summed E-state index contributed by atoms with van der Waals surface area (Å²) in [6.07, 6.45) is 7.42. The smallest absolute Gasteiger partial charge is 0.421 e. The van der Waals surface area contributed by atoms with Crippen molar-refractivity contribution in [1.82, 2.24) is 4.72 Å². The fraction of sp³-hybridized carbons (Fsp3) is 0.806. The maximum atomic E-state index is 12.8. The molecule has 0 saturated heterocycles. The lowest BCUT2D eigenvalue weighted by atomic mass is 9.41. The van der Waals surface area contributed by atoms with Gasteiger partial charge < -0.3 is 14.9 Å². The van der Waals surface area contributed by atoms with Crippen molar-refractivity contribution in [1.29, 1.82) is 0 Å². The van der Waals surface area contributed by atoms with Gasteiger partial charge in [0.05, 0.1) is 23.7 Å². The van der Waals surface area contributed by atoms with Gasteiger partial charge in [0.15, 0.2) is 0 Å². The lowest BCUT2D eigenvalue weighted by Gasteiger charge is -2.64. The van der Waals surface area contributed by atoms with Crippen LogP contribution in [0.4, 0.5) is 4.79 Å². The second kappa shape index (κ2) is 12.2. The predicted molar refractivity (Wildman–Crippen MR) is 172 cm³/mol. The quantitative estimate of drug-likeness (QED) is 0.297. The van der Waals surface area contributed by atoms with Crippen molar-refractivity contribution in [3.63, 3.8) is 0 Å². The van der Waals surface area contributed by atoms with Gasteiger partial charge in [0, 0.05) is 0 Å². The van der Waals surface area contributed by atoms with Gasteiger partial charge in [0.1, 0.15) is 0 Å². The normalized spacial score (nSPS) is 39.5. The molecular formula is C36H57NO6S. The summed E-state index contributed by atoms with van der Waals surface area (Å²) >= 11 is 0. The summed E-state index contributed by atoms with van der Waals surface area (Å²) in [5, 5.41) is 22.5. The van der Waals surface area contributed by atoms with E-state index in [1.54, 1.807) is 12.1 Å². The molecule has 0 aliphatic heterocycles. The highest BCUT2D eigenvalue weighted by Gasteiger charge is 2.64. The Morgan fingerprint density at radius 2 is 1.64 bits per heavy atom. The molecule has 1 amide bonds. The van der Waals surface area contributed by atoms with Gasteiger partial charge in [-0.3, -0.25) is 0 Å². The summed E-state index contributed by atoms with van der Waals surface area (Å²) < 4.78 is 33.0. The van der Waals surface area contributed by atoms with Crippen LogP contribution in [-0.4, -0.2) is 43.5 Å². The van der Waals surface area contributed by atoms with Crippen LogP contribution in [0.2, 0.25) is 0 Å². The number of aliphatic hydroxyl groups is 2. The van der Waals surface area contributed by atoms with Crippen molar-refractivity contribution < 1.29 is 28.2 Å². The van der Waals surface area contributed by atoms with Gasteiger partial charge in [-0.2, -0.15) is 0 Å². The van der Waals surface area contributed by atoms with E-state index < -0.39 is 16.1 Å². The van der Waals surface area contributed by atoms with Crippen LogP contribution in [0.25, 0.3) is 0 Å². The predicted octanol–water partition coefficient (Wildman–Crippen LogP) is 7.05. The Morgan fingerprint density at radius 1 is 1.00 bits per heavy atom. The van der Waals surface area contributed by atoms with Crippen LogP contribution in [0, 0.1) is 52.3 Å². The number of hydrogen-bond acceptors (Lipinski definition) is 6. The molecule has 0 radical (unpaired) electrons. The first-order chi connectivity index (χ1) is 20.5. The molecule has 4 aliphatic rings. The van der Waals surface area contributed by atoms with Gasteiger partial charge in [0.2, 0.25) is 0 Å². The van der Waals surface area contributed by atoms with E-state index in [-0.39, 0.29) is 45.9 Å². The first kappa shape index (κ1) is 33.7. The van der Waals surface area contributed by atoms with Crippen molar-refractivity contribution in [3.8, 4) is 0 Å². The van der Waals surface area contributed by atoms with Crippen molar-refractivity contribution in [2.75, 3.05) is 6.61 Å². The summed E-state index contributed by atoms with van der Waals surface area (Å²) in [6, 6.07) is 6.59. The molecule has 7 nitrogen and oxygen atoms in total. The fourth-order valence-electron chi connectivity index (χ4n) is 10.8. The van der Waals surface area contributed by atoms with Crippen molar-refractivity contribution in [2.45, 2.75) is 129 Å². The highest BCUT2D eigenvalue weighted by atomic mass is 32.2. The molecule has 4 unspecified atom stereocenters. The first-order valence-electron chi connectivity index (χ1n) is 17.2. The third kappa shape index (κ3) is 5.97. The van der Waals surface area contributed by atoms with Crippen LogP contribution >= 0.6 is 0 Å². The Bertz CT molecular complexity index is 1290. The number of hydrogen-bond donors (Lipinski definition) is 3. The van der Waals surface area contributed by atoms with E-state index in [2.05, 4.69) is 53.2 Å². The molecule has 5 rings (SSSR count). The van der Waals surface area contributed by atoms with Gasteiger partial charge in [-0.15, -0.1) is 0 Å². The minimum atomic E-state index is -4.02. The zero-order valence-corrected chi connectivity index (χ0v) is 28.8. The van der Waals surface area contributed by atoms with Crippen LogP contribution < -0.4 is 4.72 Å². The van der Waals surface area contributed by atoms with Gasteiger partial charge in [-0.1, -0.05) is 67.0 Å². The zero-order valence-electron chi connectivity index (χ0n) is 28.0. The molecule has 3 N–H and O–H groups in total. The van der Waals surface area contributed by atoms with E-state index in [1.807, 2.05) is 0 Å². The number of aliphatic hydroxyl groups excluding tert-OH is 2. The Hall–Kier alpha value is -1.64. The number of carbonyl (C=O) groups is 1. The molecular weight excluding hydrogens is 574 g/mol. The van der Waals surface area contributed by atoms with Gasteiger partial charge in [0.25, 0.3) is 10.0 Å². The number of carbonyl (C=O) groups excluding carboxylic acids is 1. The van der Waals surface area contributed by atoms with Crippen molar-refractivity contribution in [3.05, 3.63) is 29.8 Å². The molecule has 8 heteroatoms. The Kier molecular flexibility index (Phi) is 9.34. The number of amides is 1. The maximum Gasteiger partial charge on any atom is 0.421 e. The van der Waals surface area contributed by atoms with Gasteiger partial charge in [-0.25, -0.2) is 17.9 Å². The van der Waals surface area contributed by atoms with Crippen LogP contribution in [0.3, 0.4) is 0 Å². The number of sulfonamides is 1. The third-order valence-electron chi connectivity index (χ3n) is 13.2.